The van der Waals surface area contributed by atoms with Gasteiger partial charge in [0.25, 0.3) is 11.8 Å². The molecule has 134 valence electrons. The second kappa shape index (κ2) is 6.44. The minimum Gasteiger partial charge on any atom is -0.386 e. The van der Waals surface area contributed by atoms with Crippen molar-refractivity contribution in [1.29, 1.82) is 0 Å². The van der Waals surface area contributed by atoms with Gasteiger partial charge in [0.05, 0.1) is 5.69 Å². The third kappa shape index (κ3) is 2.61. The SMILES string of the molecule is O=C1[C@H](Cc2ccccc2)N2C(=O)[C@H](O)[C@H](O)[C@@H]2N1Nc1ccccc1. The molecule has 0 bridgehead atoms. The van der Waals surface area contributed by atoms with Gasteiger partial charge < -0.3 is 15.1 Å². The highest BCUT2D eigenvalue weighted by molar-refractivity contribution is 5.96. The van der Waals surface area contributed by atoms with Crippen LogP contribution in [0.5, 0.6) is 0 Å². The number of rotatable bonds is 4. The van der Waals surface area contributed by atoms with Crippen molar-refractivity contribution in [3.05, 3.63) is 66.2 Å². The van der Waals surface area contributed by atoms with Crippen LogP contribution in [-0.2, 0) is 16.0 Å². The molecule has 0 aliphatic carbocycles. The van der Waals surface area contributed by atoms with E-state index in [-0.39, 0.29) is 5.91 Å². The number of hydrogen-bond acceptors (Lipinski definition) is 5. The van der Waals surface area contributed by atoms with E-state index in [2.05, 4.69) is 5.43 Å². The van der Waals surface area contributed by atoms with Crippen molar-refractivity contribution in [3.63, 3.8) is 0 Å². The summed E-state index contributed by atoms with van der Waals surface area (Å²) < 4.78 is 0. The topological polar surface area (TPSA) is 93.1 Å². The fourth-order valence-electron chi connectivity index (χ4n) is 3.58. The van der Waals surface area contributed by atoms with E-state index in [1.54, 1.807) is 12.1 Å². The van der Waals surface area contributed by atoms with E-state index >= 15 is 0 Å². The molecule has 2 aliphatic rings. The van der Waals surface area contributed by atoms with Crippen molar-refractivity contribution < 1.29 is 19.8 Å². The van der Waals surface area contributed by atoms with Crippen LogP contribution in [0.2, 0.25) is 0 Å². The molecule has 2 fully saturated rings. The Balaban J connectivity index is 1.67. The summed E-state index contributed by atoms with van der Waals surface area (Å²) in [6.07, 6.45) is -3.54. The average Bonchev–Trinajstić information content (AvgIpc) is 3.05. The molecule has 3 N–H and O–H groups in total. The van der Waals surface area contributed by atoms with E-state index in [1.165, 1.54) is 9.91 Å². The zero-order valence-electron chi connectivity index (χ0n) is 13.9. The highest BCUT2D eigenvalue weighted by atomic mass is 16.4. The van der Waals surface area contributed by atoms with Gasteiger partial charge in [-0.1, -0.05) is 48.5 Å². The Morgan fingerprint density at radius 3 is 2.15 bits per heavy atom. The number of para-hydroxylation sites is 1. The van der Waals surface area contributed by atoms with Crippen LogP contribution in [0.25, 0.3) is 0 Å². The van der Waals surface area contributed by atoms with E-state index in [4.69, 9.17) is 0 Å². The minimum absolute atomic E-state index is 0.314. The van der Waals surface area contributed by atoms with Crippen LogP contribution >= 0.6 is 0 Å². The van der Waals surface area contributed by atoms with Crippen LogP contribution in [-0.4, -0.2) is 56.4 Å². The van der Waals surface area contributed by atoms with E-state index < -0.39 is 30.3 Å². The molecule has 2 amide bonds. The summed E-state index contributed by atoms with van der Waals surface area (Å²) in [6.45, 7) is 0. The van der Waals surface area contributed by atoms with Gasteiger partial charge in [-0.05, 0) is 17.7 Å². The Kier molecular flexibility index (Phi) is 4.10. The van der Waals surface area contributed by atoms with E-state index in [0.717, 1.165) is 5.56 Å². The van der Waals surface area contributed by atoms with Crippen LogP contribution in [0.3, 0.4) is 0 Å². The van der Waals surface area contributed by atoms with E-state index in [0.29, 0.717) is 12.1 Å². The molecule has 2 aliphatic heterocycles. The summed E-state index contributed by atoms with van der Waals surface area (Å²) >= 11 is 0. The number of nitrogens with zero attached hydrogens (tertiary/aromatic N) is 2. The highest BCUT2D eigenvalue weighted by Crippen LogP contribution is 2.34. The Hall–Kier alpha value is -2.90. The molecule has 0 aromatic heterocycles. The zero-order chi connectivity index (χ0) is 18.3. The van der Waals surface area contributed by atoms with Gasteiger partial charge in [-0.3, -0.25) is 15.0 Å². The summed E-state index contributed by atoms with van der Waals surface area (Å²) in [5.41, 5.74) is 4.52. The number of carbonyl (C=O) groups excluding carboxylic acids is 2. The van der Waals surface area contributed by atoms with Gasteiger partial charge >= 0.3 is 0 Å². The number of anilines is 1. The molecular weight excluding hydrogens is 334 g/mol. The summed E-state index contributed by atoms with van der Waals surface area (Å²) in [5.74, 6) is -0.948. The lowest BCUT2D eigenvalue weighted by atomic mass is 10.1. The normalized spacial score (nSPS) is 27.8. The third-order valence-corrected chi connectivity index (χ3v) is 4.84. The molecule has 7 nitrogen and oxygen atoms in total. The Bertz CT molecular complexity index is 814. The Morgan fingerprint density at radius 2 is 1.50 bits per heavy atom. The number of carbonyl (C=O) groups is 2. The van der Waals surface area contributed by atoms with Gasteiger partial charge in [-0.2, -0.15) is 0 Å². The predicted molar refractivity (Wildman–Crippen MR) is 93.5 cm³/mol. The third-order valence-electron chi connectivity index (χ3n) is 4.84. The molecule has 4 atom stereocenters. The maximum absolute atomic E-state index is 13.0. The number of hydrazine groups is 1. The van der Waals surface area contributed by atoms with Gasteiger partial charge in [0.2, 0.25) is 0 Å². The van der Waals surface area contributed by atoms with Crippen molar-refractivity contribution in [3.8, 4) is 0 Å². The molecule has 7 heteroatoms. The van der Waals surface area contributed by atoms with Gasteiger partial charge in [0.15, 0.2) is 12.3 Å². The molecule has 2 aromatic carbocycles. The standard InChI is InChI=1S/C19H19N3O4/c23-15-16(24)19(26)21-14(11-12-7-3-1-4-8-12)18(25)22(17(15)21)20-13-9-5-2-6-10-13/h1-10,14-17,20,23-24H,11H2/t14-,15-,16+,17-/m0/s1. The van der Waals surface area contributed by atoms with Crippen LogP contribution in [0.15, 0.2) is 60.7 Å². The van der Waals surface area contributed by atoms with Crippen molar-refractivity contribution in [1.82, 2.24) is 9.91 Å². The smallest absolute Gasteiger partial charge is 0.266 e. The fourth-order valence-corrected chi connectivity index (χ4v) is 3.58. The summed E-state index contributed by atoms with van der Waals surface area (Å²) in [7, 11) is 0. The first-order valence-electron chi connectivity index (χ1n) is 8.45. The molecule has 2 saturated heterocycles. The van der Waals surface area contributed by atoms with Gasteiger partial charge in [-0.15, -0.1) is 0 Å². The highest BCUT2D eigenvalue weighted by Gasteiger charge is 2.60. The van der Waals surface area contributed by atoms with Crippen LogP contribution < -0.4 is 5.43 Å². The number of benzene rings is 2. The predicted octanol–water partition coefficient (Wildman–Crippen LogP) is 0.357. The van der Waals surface area contributed by atoms with Crippen molar-refractivity contribution in [2.24, 2.45) is 0 Å². The summed E-state index contributed by atoms with van der Waals surface area (Å²) in [4.78, 5) is 26.7. The maximum atomic E-state index is 13.0. The number of fused-ring (bicyclic) bond motifs is 1. The van der Waals surface area contributed by atoms with Crippen molar-refractivity contribution in [2.45, 2.75) is 30.8 Å². The van der Waals surface area contributed by atoms with Crippen LogP contribution in [0.4, 0.5) is 5.69 Å². The summed E-state index contributed by atoms with van der Waals surface area (Å²) in [5, 5.41) is 21.6. The van der Waals surface area contributed by atoms with Crippen molar-refractivity contribution >= 4 is 17.5 Å². The zero-order valence-corrected chi connectivity index (χ0v) is 13.9. The molecular formula is C19H19N3O4. The van der Waals surface area contributed by atoms with Gasteiger partial charge in [-0.25, -0.2) is 5.01 Å². The fraction of sp³-hybridized carbons (Fsp3) is 0.263. The number of nitrogens with one attached hydrogen (secondary N) is 1. The monoisotopic (exact) mass is 353 g/mol. The van der Waals surface area contributed by atoms with Crippen LogP contribution in [0, 0.1) is 0 Å². The quantitative estimate of drug-likeness (QED) is 0.738. The van der Waals surface area contributed by atoms with E-state index in [9.17, 15) is 19.8 Å². The van der Waals surface area contributed by atoms with Crippen molar-refractivity contribution in [2.75, 3.05) is 5.43 Å². The number of aliphatic hydroxyl groups is 2. The molecule has 2 heterocycles. The molecule has 4 rings (SSSR count). The lowest BCUT2D eigenvalue weighted by Crippen LogP contribution is -2.47. The number of aliphatic hydroxyl groups excluding tert-OH is 2. The average molecular weight is 353 g/mol. The maximum Gasteiger partial charge on any atom is 0.266 e. The molecule has 0 radical (unpaired) electrons. The largest absolute Gasteiger partial charge is 0.386 e. The molecule has 26 heavy (non-hydrogen) atoms. The molecule has 0 spiro atoms. The minimum atomic E-state index is -1.54. The molecule has 0 unspecified atom stereocenters. The number of hydrogen-bond donors (Lipinski definition) is 3. The van der Waals surface area contributed by atoms with Gasteiger partial charge in [0, 0.05) is 6.42 Å². The second-order valence-electron chi connectivity index (χ2n) is 6.49. The first-order chi connectivity index (χ1) is 12.6. The summed E-state index contributed by atoms with van der Waals surface area (Å²) in [6, 6.07) is 17.6. The Morgan fingerprint density at radius 1 is 0.885 bits per heavy atom. The number of amides is 2. The lowest BCUT2D eigenvalue weighted by molar-refractivity contribution is -0.140. The molecule has 0 saturated carbocycles. The lowest BCUT2D eigenvalue weighted by Gasteiger charge is -2.27. The Labute approximate surface area is 150 Å². The van der Waals surface area contributed by atoms with Gasteiger partial charge in [0.1, 0.15) is 12.1 Å². The first-order valence-corrected chi connectivity index (χ1v) is 8.45. The second-order valence-corrected chi connectivity index (χ2v) is 6.49. The van der Waals surface area contributed by atoms with Crippen LogP contribution in [0.1, 0.15) is 5.56 Å². The first kappa shape index (κ1) is 16.6. The van der Waals surface area contributed by atoms with E-state index in [1.807, 2.05) is 48.5 Å². The molecule has 2 aromatic rings.